The highest BCUT2D eigenvalue weighted by atomic mass is 15.2. The van der Waals surface area contributed by atoms with Crippen molar-refractivity contribution in [3.63, 3.8) is 0 Å². The van der Waals surface area contributed by atoms with E-state index in [4.69, 9.17) is 9.97 Å². The van der Waals surface area contributed by atoms with Gasteiger partial charge in [-0.25, -0.2) is 9.97 Å². The fourth-order valence-electron chi connectivity index (χ4n) is 4.25. The second-order valence-electron chi connectivity index (χ2n) is 8.02. The first-order valence-corrected chi connectivity index (χ1v) is 10.9. The van der Waals surface area contributed by atoms with E-state index in [1.54, 1.807) is 6.20 Å². The third-order valence-electron chi connectivity index (χ3n) is 5.99. The number of anilines is 2. The lowest BCUT2D eigenvalue weighted by Crippen LogP contribution is -2.43. The van der Waals surface area contributed by atoms with Crippen LogP contribution in [0.5, 0.6) is 0 Å². The molecule has 32 heavy (non-hydrogen) atoms. The number of imidazole rings is 2. The molecule has 2 aromatic carbocycles. The highest BCUT2D eigenvalue weighted by Gasteiger charge is 2.14. The van der Waals surface area contributed by atoms with E-state index < -0.39 is 0 Å². The van der Waals surface area contributed by atoms with E-state index in [9.17, 15) is 0 Å². The monoisotopic (exact) mass is 424 g/mol. The number of hydrogen-bond donors (Lipinski definition) is 4. The van der Waals surface area contributed by atoms with Gasteiger partial charge in [-0.05, 0) is 48.5 Å². The summed E-state index contributed by atoms with van der Waals surface area (Å²) in [4.78, 5) is 23.3. The van der Waals surface area contributed by atoms with Crippen molar-refractivity contribution in [3.05, 3.63) is 54.7 Å². The van der Waals surface area contributed by atoms with Crippen LogP contribution in [0.2, 0.25) is 0 Å². The second-order valence-corrected chi connectivity index (χ2v) is 8.02. The van der Waals surface area contributed by atoms with Gasteiger partial charge in [-0.1, -0.05) is 0 Å². The number of hydrogen-bond acceptors (Lipinski definition) is 6. The molecule has 0 atom stereocenters. The Hall–Kier alpha value is -3.91. The van der Waals surface area contributed by atoms with E-state index in [0.29, 0.717) is 0 Å². The molecular weight excluding hydrogens is 400 g/mol. The summed E-state index contributed by atoms with van der Waals surface area (Å²) in [7, 11) is 1.89. The topological polar surface area (TPSA) is 97.5 Å². The van der Waals surface area contributed by atoms with Crippen molar-refractivity contribution >= 4 is 33.4 Å². The maximum Gasteiger partial charge on any atom is 0.157 e. The van der Waals surface area contributed by atoms with Gasteiger partial charge in [-0.2, -0.15) is 0 Å². The Kier molecular flexibility index (Phi) is 4.50. The number of piperazine rings is 1. The molecule has 0 saturated carbocycles. The van der Waals surface area contributed by atoms with Crippen LogP contribution >= 0.6 is 0 Å². The van der Waals surface area contributed by atoms with Gasteiger partial charge in [0, 0.05) is 56.4 Å². The summed E-state index contributed by atoms with van der Waals surface area (Å²) in [5, 5.41) is 6.54. The molecule has 1 saturated heterocycles. The summed E-state index contributed by atoms with van der Waals surface area (Å²) < 4.78 is 0. The van der Waals surface area contributed by atoms with E-state index >= 15 is 0 Å². The molecule has 0 amide bonds. The van der Waals surface area contributed by atoms with Crippen molar-refractivity contribution in [1.29, 1.82) is 0 Å². The minimum Gasteiger partial charge on any atom is -0.388 e. The van der Waals surface area contributed by atoms with Crippen molar-refractivity contribution < 1.29 is 0 Å². The van der Waals surface area contributed by atoms with Crippen LogP contribution in [0.4, 0.5) is 11.4 Å². The number of nitrogens with one attached hydrogen (secondary N) is 4. The van der Waals surface area contributed by atoms with E-state index in [1.807, 2.05) is 25.2 Å². The van der Waals surface area contributed by atoms with Crippen molar-refractivity contribution in [1.82, 2.24) is 30.2 Å². The van der Waals surface area contributed by atoms with E-state index in [-0.39, 0.29) is 0 Å². The van der Waals surface area contributed by atoms with Gasteiger partial charge >= 0.3 is 0 Å². The predicted octanol–water partition coefficient (Wildman–Crippen LogP) is 3.62. The summed E-state index contributed by atoms with van der Waals surface area (Å²) >= 11 is 0. The van der Waals surface area contributed by atoms with Gasteiger partial charge in [0.25, 0.3) is 0 Å². The van der Waals surface area contributed by atoms with Crippen LogP contribution < -0.4 is 15.5 Å². The number of nitrogens with zero attached hydrogens (tertiary/aromatic N) is 4. The van der Waals surface area contributed by atoms with Crippen LogP contribution in [0.1, 0.15) is 0 Å². The van der Waals surface area contributed by atoms with Gasteiger partial charge < -0.3 is 25.5 Å². The predicted molar refractivity (Wildman–Crippen MR) is 129 cm³/mol. The molecule has 3 aromatic heterocycles. The molecule has 5 aromatic rings. The highest BCUT2D eigenvalue weighted by molar-refractivity contribution is 5.87. The average Bonchev–Trinajstić information content (AvgIpc) is 3.48. The number of fused-ring (bicyclic) bond motifs is 2. The summed E-state index contributed by atoms with van der Waals surface area (Å²) in [5.74, 6) is 1.60. The normalized spacial score (nSPS) is 14.3. The molecule has 1 fully saturated rings. The number of rotatable bonds is 4. The maximum atomic E-state index is 4.82. The minimum absolute atomic E-state index is 0.750. The van der Waals surface area contributed by atoms with Gasteiger partial charge in [-0.15, -0.1) is 0 Å². The Balaban J connectivity index is 1.34. The van der Waals surface area contributed by atoms with Crippen LogP contribution in [0.15, 0.2) is 54.7 Å². The Morgan fingerprint density at radius 3 is 2.44 bits per heavy atom. The zero-order valence-electron chi connectivity index (χ0n) is 17.8. The first-order valence-electron chi connectivity index (χ1n) is 10.9. The summed E-state index contributed by atoms with van der Waals surface area (Å²) in [6.45, 7) is 4.09. The molecule has 4 N–H and O–H groups in total. The molecule has 0 radical (unpaired) electrons. The molecule has 0 aliphatic carbocycles. The summed E-state index contributed by atoms with van der Waals surface area (Å²) in [6.07, 6.45) is 1.78. The maximum absolute atomic E-state index is 4.82. The molecule has 0 bridgehead atoms. The largest absolute Gasteiger partial charge is 0.388 e. The lowest BCUT2D eigenvalue weighted by atomic mass is 10.2. The van der Waals surface area contributed by atoms with E-state index in [1.165, 1.54) is 5.69 Å². The first kappa shape index (κ1) is 18.8. The summed E-state index contributed by atoms with van der Waals surface area (Å²) in [5.41, 5.74) is 7.93. The smallest absolute Gasteiger partial charge is 0.157 e. The molecular formula is C24H24N8. The zero-order valence-corrected chi connectivity index (χ0v) is 17.8. The molecule has 8 heteroatoms. The van der Waals surface area contributed by atoms with Crippen LogP contribution in [-0.4, -0.2) is 58.1 Å². The SMILES string of the molecule is CNc1ccnc(-c2nc3ccc(-c4nc5ccc(N6CCNCC6)cc5[nH]4)cc3[nH]2)c1. The standard InChI is InChI=1S/C24H24N8/c1-25-16-6-7-27-22(13-16)24-29-18-4-2-15(12-20(18)31-24)23-28-19-5-3-17(14-21(19)30-23)32-10-8-26-9-11-32/h2-7,12-14,26H,8-11H2,1H3,(H,25,27)(H,28,30)(H,29,31). The molecule has 1 aliphatic heterocycles. The van der Waals surface area contributed by atoms with Gasteiger partial charge in [0.15, 0.2) is 5.82 Å². The third kappa shape index (κ3) is 3.34. The van der Waals surface area contributed by atoms with Crippen molar-refractivity contribution in [2.24, 2.45) is 0 Å². The average molecular weight is 425 g/mol. The molecule has 6 rings (SSSR count). The molecule has 0 spiro atoms. The Bertz CT molecular complexity index is 1410. The molecule has 4 heterocycles. The zero-order chi connectivity index (χ0) is 21.5. The highest BCUT2D eigenvalue weighted by Crippen LogP contribution is 2.28. The fourth-order valence-corrected chi connectivity index (χ4v) is 4.25. The first-order chi connectivity index (χ1) is 15.8. The van der Waals surface area contributed by atoms with Crippen molar-refractivity contribution in [3.8, 4) is 22.9 Å². The molecule has 0 unspecified atom stereocenters. The quantitative estimate of drug-likeness (QED) is 0.352. The number of aromatic nitrogens is 5. The number of benzene rings is 2. The van der Waals surface area contributed by atoms with Gasteiger partial charge in [0.1, 0.15) is 11.5 Å². The Labute approximate surface area is 185 Å². The van der Waals surface area contributed by atoms with Crippen molar-refractivity contribution in [2.45, 2.75) is 0 Å². The van der Waals surface area contributed by atoms with Crippen LogP contribution in [-0.2, 0) is 0 Å². The molecule has 1 aliphatic rings. The Morgan fingerprint density at radius 1 is 0.844 bits per heavy atom. The number of aromatic amines is 2. The van der Waals surface area contributed by atoms with Crippen LogP contribution in [0.25, 0.3) is 45.0 Å². The van der Waals surface area contributed by atoms with Crippen molar-refractivity contribution in [2.75, 3.05) is 43.4 Å². The Morgan fingerprint density at radius 2 is 1.59 bits per heavy atom. The minimum atomic E-state index is 0.750. The van der Waals surface area contributed by atoms with Crippen LogP contribution in [0, 0.1) is 0 Å². The number of H-pyrrole nitrogens is 2. The van der Waals surface area contributed by atoms with Crippen LogP contribution in [0.3, 0.4) is 0 Å². The third-order valence-corrected chi connectivity index (χ3v) is 5.99. The lowest BCUT2D eigenvalue weighted by Gasteiger charge is -2.29. The van der Waals surface area contributed by atoms with E-state index in [2.05, 4.69) is 60.8 Å². The van der Waals surface area contributed by atoms with Gasteiger partial charge in [0.05, 0.1) is 22.1 Å². The fraction of sp³-hybridized carbons (Fsp3) is 0.208. The summed E-state index contributed by atoms with van der Waals surface area (Å²) in [6, 6.07) is 16.5. The second kappa shape index (κ2) is 7.65. The molecule has 160 valence electrons. The van der Waals surface area contributed by atoms with E-state index in [0.717, 1.165) is 76.8 Å². The molecule has 8 nitrogen and oxygen atoms in total. The van der Waals surface area contributed by atoms with Gasteiger partial charge in [0.2, 0.25) is 0 Å². The number of pyridine rings is 1. The lowest BCUT2D eigenvalue weighted by molar-refractivity contribution is 0.589. The van der Waals surface area contributed by atoms with Gasteiger partial charge in [-0.3, -0.25) is 4.98 Å².